The third kappa shape index (κ3) is 4.11. The van der Waals surface area contributed by atoms with Crippen molar-refractivity contribution in [3.05, 3.63) is 59.4 Å². The molecule has 1 saturated carbocycles. The minimum Gasteiger partial charge on any atom is -0.372 e. The summed E-state index contributed by atoms with van der Waals surface area (Å²) in [4.78, 5) is 27.3. The van der Waals surface area contributed by atoms with Crippen molar-refractivity contribution in [2.45, 2.75) is 38.5 Å². The zero-order chi connectivity index (χ0) is 20.4. The normalized spacial score (nSPS) is 17.6. The first-order chi connectivity index (χ1) is 14.0. The molecular formula is C23H26FN3O2. The van der Waals surface area contributed by atoms with Crippen LogP contribution in [0.4, 0.5) is 15.8 Å². The summed E-state index contributed by atoms with van der Waals surface area (Å²) in [5.74, 6) is -1.05. The summed E-state index contributed by atoms with van der Waals surface area (Å²) in [6, 6.07) is 12.0. The summed E-state index contributed by atoms with van der Waals surface area (Å²) in [6.07, 6.45) is 5.22. The maximum Gasteiger partial charge on any atom is 0.250 e. The number of anilines is 2. The lowest BCUT2D eigenvalue weighted by Gasteiger charge is -2.29. The van der Waals surface area contributed by atoms with Crippen molar-refractivity contribution in [1.82, 2.24) is 0 Å². The molecule has 0 bridgehead atoms. The second kappa shape index (κ2) is 7.85. The minimum absolute atomic E-state index is 0.186. The minimum atomic E-state index is -0.622. The molecule has 1 aliphatic carbocycles. The number of primary amides is 1. The fraction of sp³-hybridized carbons (Fsp3) is 0.391. The number of benzene rings is 2. The van der Waals surface area contributed by atoms with E-state index >= 15 is 0 Å². The number of carbonyl (C=O) groups is 2. The molecule has 1 aliphatic heterocycles. The Morgan fingerprint density at radius 2 is 1.79 bits per heavy atom. The highest BCUT2D eigenvalue weighted by atomic mass is 19.1. The molecule has 6 heteroatoms. The summed E-state index contributed by atoms with van der Waals surface area (Å²) in [7, 11) is 0. The predicted octanol–water partition coefficient (Wildman–Crippen LogP) is 3.88. The van der Waals surface area contributed by atoms with Crippen LogP contribution in [0.5, 0.6) is 0 Å². The number of amides is 2. The Morgan fingerprint density at radius 1 is 1.07 bits per heavy atom. The SMILES string of the molecule is NC(=O)c1cc(N2CCCCC2)ccc1NC(=O)C1(Cc2ccccc2F)CC1. The second-order valence-electron chi connectivity index (χ2n) is 8.14. The molecule has 5 nitrogen and oxygen atoms in total. The number of hydrogen-bond acceptors (Lipinski definition) is 3. The van der Waals surface area contributed by atoms with Gasteiger partial charge in [-0.15, -0.1) is 0 Å². The number of nitrogens with two attached hydrogens (primary N) is 1. The van der Waals surface area contributed by atoms with Crippen LogP contribution in [0.15, 0.2) is 42.5 Å². The first kappa shape index (κ1) is 19.4. The molecule has 0 unspecified atom stereocenters. The summed E-state index contributed by atoms with van der Waals surface area (Å²) in [5.41, 5.74) is 7.19. The van der Waals surface area contributed by atoms with Gasteiger partial charge in [0.15, 0.2) is 0 Å². The number of halogens is 1. The number of hydrogen-bond donors (Lipinski definition) is 2. The molecule has 2 fully saturated rings. The largest absolute Gasteiger partial charge is 0.372 e. The molecule has 0 atom stereocenters. The van der Waals surface area contributed by atoms with Crippen molar-refractivity contribution in [3.8, 4) is 0 Å². The van der Waals surface area contributed by atoms with E-state index in [4.69, 9.17) is 5.73 Å². The molecule has 1 heterocycles. The van der Waals surface area contributed by atoms with E-state index in [1.807, 2.05) is 6.07 Å². The van der Waals surface area contributed by atoms with Gasteiger partial charge >= 0.3 is 0 Å². The number of piperidine rings is 1. The highest BCUT2D eigenvalue weighted by Gasteiger charge is 2.50. The summed E-state index contributed by atoms with van der Waals surface area (Å²) < 4.78 is 14.0. The Hall–Kier alpha value is -2.89. The number of carbonyl (C=O) groups excluding carboxylic acids is 2. The van der Waals surface area contributed by atoms with Crippen LogP contribution < -0.4 is 16.0 Å². The highest BCUT2D eigenvalue weighted by Crippen LogP contribution is 2.49. The van der Waals surface area contributed by atoms with Gasteiger partial charge in [-0.05, 0) is 68.4 Å². The lowest BCUT2D eigenvalue weighted by molar-refractivity contribution is -0.121. The van der Waals surface area contributed by atoms with E-state index in [-0.39, 0.29) is 11.7 Å². The molecule has 1 saturated heterocycles. The van der Waals surface area contributed by atoms with Crippen LogP contribution in [0.25, 0.3) is 0 Å². The molecular weight excluding hydrogens is 369 g/mol. The zero-order valence-corrected chi connectivity index (χ0v) is 16.4. The van der Waals surface area contributed by atoms with Crippen molar-refractivity contribution in [1.29, 1.82) is 0 Å². The summed E-state index contributed by atoms with van der Waals surface area (Å²) in [5, 5.41) is 2.88. The van der Waals surface area contributed by atoms with E-state index in [1.165, 1.54) is 12.5 Å². The van der Waals surface area contributed by atoms with E-state index in [9.17, 15) is 14.0 Å². The third-order valence-corrected chi connectivity index (χ3v) is 6.06. The van der Waals surface area contributed by atoms with E-state index in [0.717, 1.165) is 31.6 Å². The fourth-order valence-corrected chi connectivity index (χ4v) is 4.09. The standard InChI is InChI=1S/C23H26FN3O2/c24-19-7-3-2-6-16(19)15-23(10-11-23)22(29)26-20-9-8-17(14-18(20)21(25)28)27-12-4-1-5-13-27/h2-3,6-9,14H,1,4-5,10-13,15H2,(H2,25,28)(H,26,29). The number of nitrogens with zero attached hydrogens (tertiary/aromatic N) is 1. The Morgan fingerprint density at radius 3 is 2.45 bits per heavy atom. The molecule has 152 valence electrons. The second-order valence-corrected chi connectivity index (χ2v) is 8.14. The van der Waals surface area contributed by atoms with Crippen molar-refractivity contribution in [2.24, 2.45) is 11.1 Å². The average Bonchev–Trinajstić information content (AvgIpc) is 3.51. The van der Waals surface area contributed by atoms with Gasteiger partial charge in [-0.2, -0.15) is 0 Å². The predicted molar refractivity (Wildman–Crippen MR) is 111 cm³/mol. The van der Waals surface area contributed by atoms with Gasteiger partial charge in [0.25, 0.3) is 5.91 Å². The zero-order valence-electron chi connectivity index (χ0n) is 16.4. The molecule has 0 spiro atoms. The molecule has 2 aliphatic rings. The Balaban J connectivity index is 1.53. The van der Waals surface area contributed by atoms with Gasteiger partial charge in [0.05, 0.1) is 16.7 Å². The molecule has 2 amide bonds. The van der Waals surface area contributed by atoms with Gasteiger partial charge in [0, 0.05) is 18.8 Å². The van der Waals surface area contributed by atoms with Crippen LogP contribution in [0.2, 0.25) is 0 Å². The van der Waals surface area contributed by atoms with Crippen molar-refractivity contribution < 1.29 is 14.0 Å². The van der Waals surface area contributed by atoms with E-state index in [1.54, 1.807) is 30.3 Å². The van der Waals surface area contributed by atoms with Crippen molar-refractivity contribution in [2.75, 3.05) is 23.3 Å². The lowest BCUT2D eigenvalue weighted by atomic mass is 9.95. The van der Waals surface area contributed by atoms with Gasteiger partial charge in [-0.1, -0.05) is 18.2 Å². The van der Waals surface area contributed by atoms with Gasteiger partial charge in [-0.25, -0.2) is 4.39 Å². The molecule has 2 aromatic carbocycles. The van der Waals surface area contributed by atoms with Crippen LogP contribution in [-0.4, -0.2) is 24.9 Å². The average molecular weight is 395 g/mol. The molecule has 0 radical (unpaired) electrons. The lowest BCUT2D eigenvalue weighted by Crippen LogP contribution is -2.30. The maximum absolute atomic E-state index is 14.0. The fourth-order valence-electron chi connectivity index (χ4n) is 4.09. The van der Waals surface area contributed by atoms with Crippen LogP contribution in [0.3, 0.4) is 0 Å². The quantitative estimate of drug-likeness (QED) is 0.779. The van der Waals surface area contributed by atoms with Crippen LogP contribution in [-0.2, 0) is 11.2 Å². The van der Waals surface area contributed by atoms with Crippen molar-refractivity contribution in [3.63, 3.8) is 0 Å². The van der Waals surface area contributed by atoms with Gasteiger partial charge < -0.3 is 16.0 Å². The molecule has 3 N–H and O–H groups in total. The van der Waals surface area contributed by atoms with E-state index < -0.39 is 11.3 Å². The van der Waals surface area contributed by atoms with Crippen molar-refractivity contribution >= 4 is 23.2 Å². The summed E-state index contributed by atoms with van der Waals surface area (Å²) >= 11 is 0. The monoisotopic (exact) mass is 395 g/mol. The first-order valence-corrected chi connectivity index (χ1v) is 10.2. The molecule has 29 heavy (non-hydrogen) atoms. The Kier molecular flexibility index (Phi) is 5.26. The van der Waals surface area contributed by atoms with E-state index in [2.05, 4.69) is 10.2 Å². The Labute approximate surface area is 170 Å². The van der Waals surface area contributed by atoms with Crippen LogP contribution >= 0.6 is 0 Å². The topological polar surface area (TPSA) is 75.4 Å². The number of nitrogens with one attached hydrogen (secondary N) is 1. The van der Waals surface area contributed by atoms with Crippen LogP contribution in [0.1, 0.15) is 48.0 Å². The van der Waals surface area contributed by atoms with Gasteiger partial charge in [0.1, 0.15) is 5.82 Å². The number of rotatable bonds is 6. The van der Waals surface area contributed by atoms with Crippen LogP contribution in [0, 0.1) is 11.2 Å². The van der Waals surface area contributed by atoms with E-state index in [0.29, 0.717) is 36.1 Å². The van der Waals surface area contributed by atoms with Gasteiger partial charge in [-0.3, -0.25) is 9.59 Å². The van der Waals surface area contributed by atoms with Gasteiger partial charge in [0.2, 0.25) is 5.91 Å². The smallest absolute Gasteiger partial charge is 0.250 e. The third-order valence-electron chi connectivity index (χ3n) is 6.06. The molecule has 4 rings (SSSR count). The maximum atomic E-state index is 14.0. The highest BCUT2D eigenvalue weighted by molar-refractivity contribution is 6.05. The first-order valence-electron chi connectivity index (χ1n) is 10.2. The summed E-state index contributed by atoms with van der Waals surface area (Å²) in [6.45, 7) is 1.91. The molecule has 0 aromatic heterocycles. The molecule has 2 aromatic rings. The Bertz CT molecular complexity index is 933.